The molecule has 10 heteroatoms. The Labute approximate surface area is 228 Å². The van der Waals surface area contributed by atoms with Gasteiger partial charge in [-0.3, -0.25) is 14.4 Å². The topological polar surface area (TPSA) is 80.6 Å². The highest BCUT2D eigenvalue weighted by molar-refractivity contribution is 6.32. The quantitative estimate of drug-likeness (QED) is 0.462. The lowest BCUT2D eigenvalue weighted by Crippen LogP contribution is -2.50. The van der Waals surface area contributed by atoms with Crippen LogP contribution in [-0.4, -0.2) is 41.5 Å². The van der Waals surface area contributed by atoms with Crippen LogP contribution in [0.3, 0.4) is 0 Å². The number of rotatable bonds is 5. The van der Waals surface area contributed by atoms with Crippen molar-refractivity contribution in [2.45, 2.75) is 18.9 Å². The predicted molar refractivity (Wildman–Crippen MR) is 143 cm³/mol. The first-order chi connectivity index (χ1) is 18.2. The van der Waals surface area contributed by atoms with E-state index >= 15 is 0 Å². The number of likely N-dealkylation sites (tertiary alicyclic amines) is 1. The first-order valence-electron chi connectivity index (χ1n) is 12.0. The molecule has 2 aliphatic rings. The zero-order chi connectivity index (χ0) is 27.0. The van der Waals surface area contributed by atoms with Crippen LogP contribution in [0.2, 0.25) is 10.0 Å². The van der Waals surface area contributed by atoms with Crippen LogP contribution in [0, 0.1) is 11.7 Å². The van der Waals surface area contributed by atoms with E-state index in [1.807, 2.05) is 6.07 Å². The van der Waals surface area contributed by atoms with Crippen molar-refractivity contribution < 1.29 is 18.7 Å². The standard InChI is InChI=1S/C28H24Cl2FN3O4/c1-38-25-9-8-18(29)11-20(25)27(36)32-23(12-19-21(30)4-2-5-22(19)31)28(37)33-13-16-10-17(15-33)24-6-3-7-26(35)34(24)14-16/h2-9,11-12,16-17H,10,13-15H2,1H3,(H,32,36). The molecule has 1 N–H and O–H groups in total. The van der Waals surface area contributed by atoms with E-state index in [4.69, 9.17) is 27.9 Å². The highest BCUT2D eigenvalue weighted by Crippen LogP contribution is 2.35. The molecule has 5 rings (SSSR count). The summed E-state index contributed by atoms with van der Waals surface area (Å²) in [5.41, 5.74) is 0.762. The number of nitrogens with zero attached hydrogens (tertiary/aromatic N) is 2. The van der Waals surface area contributed by atoms with Gasteiger partial charge in [0.25, 0.3) is 17.4 Å². The maximum Gasteiger partial charge on any atom is 0.270 e. The Balaban J connectivity index is 1.50. The number of hydrogen-bond donors (Lipinski definition) is 1. The van der Waals surface area contributed by atoms with Crippen LogP contribution in [-0.2, 0) is 11.3 Å². The molecule has 7 nitrogen and oxygen atoms in total. The van der Waals surface area contributed by atoms with Crippen molar-refractivity contribution >= 4 is 41.1 Å². The number of benzene rings is 2. The SMILES string of the molecule is COc1ccc(Cl)cc1C(=O)NC(=Cc1c(F)cccc1Cl)C(=O)N1CC2CC(C1)c1cccc(=O)n1C2. The second-order valence-electron chi connectivity index (χ2n) is 9.40. The normalized spacial score (nSPS) is 18.5. The number of amides is 2. The molecule has 3 heterocycles. The molecule has 2 aliphatic heterocycles. The Morgan fingerprint density at radius 3 is 2.63 bits per heavy atom. The minimum absolute atomic E-state index is 0.0232. The number of halogens is 3. The van der Waals surface area contributed by atoms with E-state index < -0.39 is 17.6 Å². The molecule has 2 bridgehead atoms. The summed E-state index contributed by atoms with van der Waals surface area (Å²) in [6.07, 6.45) is 2.09. The van der Waals surface area contributed by atoms with E-state index in [9.17, 15) is 18.8 Å². The zero-order valence-corrected chi connectivity index (χ0v) is 21.9. The van der Waals surface area contributed by atoms with E-state index in [0.717, 1.165) is 12.1 Å². The fourth-order valence-electron chi connectivity index (χ4n) is 5.22. The minimum atomic E-state index is -0.648. The van der Waals surface area contributed by atoms with Crippen LogP contribution in [0.25, 0.3) is 6.08 Å². The number of carbonyl (C=O) groups excluding carboxylic acids is 2. The van der Waals surface area contributed by atoms with Crippen molar-refractivity contribution in [2.24, 2.45) is 5.92 Å². The van der Waals surface area contributed by atoms with E-state index in [1.165, 1.54) is 43.5 Å². The number of carbonyl (C=O) groups is 2. The van der Waals surface area contributed by atoms with Gasteiger partial charge in [0.2, 0.25) is 0 Å². The van der Waals surface area contributed by atoms with Crippen molar-refractivity contribution in [1.82, 2.24) is 14.8 Å². The summed E-state index contributed by atoms with van der Waals surface area (Å²) in [5, 5.41) is 3.04. The molecule has 0 aliphatic carbocycles. The van der Waals surface area contributed by atoms with Crippen LogP contribution in [0.5, 0.6) is 5.75 Å². The van der Waals surface area contributed by atoms with Gasteiger partial charge in [0.15, 0.2) is 0 Å². The van der Waals surface area contributed by atoms with Gasteiger partial charge < -0.3 is 19.5 Å². The number of ether oxygens (including phenoxy) is 1. The third-order valence-corrected chi connectivity index (χ3v) is 7.50. The molecule has 3 aromatic rings. The molecule has 1 aromatic heterocycles. The zero-order valence-electron chi connectivity index (χ0n) is 20.4. The summed E-state index contributed by atoms with van der Waals surface area (Å²) >= 11 is 12.3. The Hall–Kier alpha value is -3.62. The highest BCUT2D eigenvalue weighted by atomic mass is 35.5. The van der Waals surface area contributed by atoms with Crippen molar-refractivity contribution in [3.05, 3.63) is 103 Å². The smallest absolute Gasteiger partial charge is 0.270 e. The van der Waals surface area contributed by atoms with Gasteiger partial charge in [-0.2, -0.15) is 0 Å². The fraction of sp³-hybridized carbons (Fsp3) is 0.250. The Morgan fingerprint density at radius 1 is 1.08 bits per heavy atom. The van der Waals surface area contributed by atoms with Gasteiger partial charge in [0, 0.05) is 47.9 Å². The lowest BCUT2D eigenvalue weighted by molar-refractivity contribution is -0.130. The van der Waals surface area contributed by atoms with Crippen LogP contribution < -0.4 is 15.6 Å². The van der Waals surface area contributed by atoms with Crippen molar-refractivity contribution in [3.63, 3.8) is 0 Å². The molecule has 2 atom stereocenters. The first-order valence-corrected chi connectivity index (χ1v) is 12.8. The molecule has 1 saturated heterocycles. The Bertz CT molecular complexity index is 1500. The third-order valence-electron chi connectivity index (χ3n) is 6.94. The Kier molecular flexibility index (Phi) is 7.27. The summed E-state index contributed by atoms with van der Waals surface area (Å²) in [6.45, 7) is 1.23. The highest BCUT2D eigenvalue weighted by Gasteiger charge is 2.37. The number of aromatic nitrogens is 1. The average Bonchev–Trinajstić information content (AvgIpc) is 2.90. The number of hydrogen-bond acceptors (Lipinski definition) is 4. The average molecular weight is 556 g/mol. The van der Waals surface area contributed by atoms with Crippen LogP contribution in [0.4, 0.5) is 4.39 Å². The molecular formula is C28H24Cl2FN3O4. The molecule has 1 fully saturated rings. The molecule has 38 heavy (non-hydrogen) atoms. The fourth-order valence-corrected chi connectivity index (χ4v) is 5.61. The number of nitrogens with one attached hydrogen (secondary N) is 1. The lowest BCUT2D eigenvalue weighted by atomic mass is 9.83. The van der Waals surface area contributed by atoms with Gasteiger partial charge in [-0.25, -0.2) is 4.39 Å². The van der Waals surface area contributed by atoms with Crippen molar-refractivity contribution in [1.29, 1.82) is 0 Å². The van der Waals surface area contributed by atoms with Gasteiger partial charge in [-0.1, -0.05) is 35.3 Å². The number of methoxy groups -OCH3 is 1. The number of fused-ring (bicyclic) bond motifs is 4. The molecule has 2 amide bonds. The van der Waals surface area contributed by atoms with Crippen LogP contribution >= 0.6 is 23.2 Å². The van der Waals surface area contributed by atoms with Crippen LogP contribution in [0.1, 0.15) is 34.0 Å². The predicted octanol–water partition coefficient (Wildman–Crippen LogP) is 4.72. The van der Waals surface area contributed by atoms with Gasteiger partial charge in [0.05, 0.1) is 17.7 Å². The van der Waals surface area contributed by atoms with E-state index in [2.05, 4.69) is 5.32 Å². The molecular weight excluding hydrogens is 532 g/mol. The summed E-state index contributed by atoms with van der Waals surface area (Å²) in [7, 11) is 1.41. The minimum Gasteiger partial charge on any atom is -0.496 e. The maximum atomic E-state index is 14.7. The second-order valence-corrected chi connectivity index (χ2v) is 10.2. The van der Waals surface area contributed by atoms with Crippen LogP contribution in [0.15, 0.2) is 65.1 Å². The van der Waals surface area contributed by atoms with E-state index in [-0.39, 0.29) is 45.0 Å². The van der Waals surface area contributed by atoms with Gasteiger partial charge in [0.1, 0.15) is 17.3 Å². The number of pyridine rings is 1. The number of piperidine rings is 1. The molecule has 0 saturated carbocycles. The molecule has 0 spiro atoms. The maximum absolute atomic E-state index is 14.7. The summed E-state index contributed by atoms with van der Waals surface area (Å²) in [4.78, 5) is 41.2. The largest absolute Gasteiger partial charge is 0.496 e. The van der Waals surface area contributed by atoms with Gasteiger partial charge in [-0.15, -0.1) is 0 Å². The Morgan fingerprint density at radius 2 is 1.87 bits per heavy atom. The second kappa shape index (κ2) is 10.6. The molecule has 2 unspecified atom stereocenters. The monoisotopic (exact) mass is 555 g/mol. The van der Waals surface area contributed by atoms with Crippen molar-refractivity contribution in [3.8, 4) is 5.75 Å². The third kappa shape index (κ3) is 5.06. The van der Waals surface area contributed by atoms with E-state index in [1.54, 1.807) is 27.7 Å². The first kappa shape index (κ1) is 26.0. The lowest BCUT2D eigenvalue weighted by Gasteiger charge is -2.43. The summed E-state index contributed by atoms with van der Waals surface area (Å²) in [6, 6.07) is 13.9. The molecule has 2 aromatic carbocycles. The molecule has 0 radical (unpaired) electrons. The summed E-state index contributed by atoms with van der Waals surface area (Å²) in [5.74, 6) is -1.49. The van der Waals surface area contributed by atoms with E-state index in [0.29, 0.717) is 24.7 Å². The van der Waals surface area contributed by atoms with Crippen molar-refractivity contribution in [2.75, 3.05) is 20.2 Å². The molecule has 196 valence electrons. The van der Waals surface area contributed by atoms with Gasteiger partial charge in [-0.05, 0) is 54.8 Å². The van der Waals surface area contributed by atoms with Gasteiger partial charge >= 0.3 is 0 Å². The summed E-state index contributed by atoms with van der Waals surface area (Å²) < 4.78 is 21.8.